The van der Waals surface area contributed by atoms with Crippen molar-refractivity contribution in [3.63, 3.8) is 0 Å². The predicted molar refractivity (Wildman–Crippen MR) is 273 cm³/mol. The minimum atomic E-state index is -1.34. The van der Waals surface area contributed by atoms with Gasteiger partial charge >= 0.3 is 0 Å². The molecule has 2 aromatic carbocycles. The second kappa shape index (κ2) is 24.0. The Labute approximate surface area is 423 Å². The molecule has 11 atom stereocenters. The second-order valence-electron chi connectivity index (χ2n) is 21.4. The molecule has 394 valence electrons. The molecule has 2 fully saturated rings. The number of aromatic nitrogens is 2. The highest BCUT2D eigenvalue weighted by molar-refractivity contribution is 5.99. The number of amides is 7. The van der Waals surface area contributed by atoms with Crippen LogP contribution in [0, 0.1) is 10.8 Å². The van der Waals surface area contributed by atoms with Gasteiger partial charge in [0, 0.05) is 38.3 Å². The Hall–Kier alpha value is -6.22. The van der Waals surface area contributed by atoms with E-state index >= 15 is 0 Å². The molecule has 0 spiro atoms. The van der Waals surface area contributed by atoms with E-state index < -0.39 is 95.1 Å². The lowest BCUT2D eigenvalue weighted by Crippen LogP contribution is -2.62. The van der Waals surface area contributed by atoms with Crippen molar-refractivity contribution in [1.29, 1.82) is 0 Å². The SMILES string of the molecule is CN[C@@H](C)C(=O)N[C@H](C(=O)N1C[C@@H](NC(=O)c2cc(C(=O)N[C@H]3C[C@@H](C(=O)N[C@H](C)c4ccccc4)N(C(O)[C@@H](NC(=O)[C@H](C)NC)C(C)(C)C)C3)n(C)n2)C[C@H]1C(=O)N[C@H](C)c1ccccc1)C(C)(C)C. The predicted octanol–water partition coefficient (Wildman–Crippen LogP) is 1.64. The van der Waals surface area contributed by atoms with Crippen LogP contribution in [0.5, 0.6) is 0 Å². The van der Waals surface area contributed by atoms with E-state index in [1.807, 2.05) is 116 Å². The van der Waals surface area contributed by atoms with Crippen LogP contribution in [0.25, 0.3) is 0 Å². The molecule has 20 heteroatoms. The molecule has 72 heavy (non-hydrogen) atoms. The molecule has 7 amide bonds. The van der Waals surface area contributed by atoms with Gasteiger partial charge in [-0.15, -0.1) is 0 Å². The molecule has 0 radical (unpaired) electrons. The van der Waals surface area contributed by atoms with Crippen LogP contribution in [0.4, 0.5) is 0 Å². The second-order valence-corrected chi connectivity index (χ2v) is 21.4. The first-order valence-corrected chi connectivity index (χ1v) is 24.8. The molecule has 2 aliphatic rings. The molecule has 5 rings (SSSR count). The highest BCUT2D eigenvalue weighted by Crippen LogP contribution is 2.31. The van der Waals surface area contributed by atoms with Crippen LogP contribution < -0.4 is 42.5 Å². The Morgan fingerprint density at radius 3 is 1.61 bits per heavy atom. The Morgan fingerprint density at radius 1 is 0.639 bits per heavy atom. The fourth-order valence-electron chi connectivity index (χ4n) is 9.08. The number of nitrogens with one attached hydrogen (secondary N) is 8. The zero-order chi connectivity index (χ0) is 53.4. The smallest absolute Gasteiger partial charge is 0.272 e. The number of carbonyl (C=O) groups is 7. The monoisotopic (exact) mass is 999 g/mol. The first kappa shape index (κ1) is 56.7. The van der Waals surface area contributed by atoms with Gasteiger partial charge in [-0.25, -0.2) is 0 Å². The van der Waals surface area contributed by atoms with E-state index in [9.17, 15) is 38.7 Å². The molecule has 1 aromatic heterocycles. The minimum Gasteiger partial charge on any atom is -0.376 e. The summed E-state index contributed by atoms with van der Waals surface area (Å²) in [5, 5.41) is 40.1. The summed E-state index contributed by atoms with van der Waals surface area (Å²) in [4.78, 5) is 100. The molecule has 0 aliphatic carbocycles. The quantitative estimate of drug-likeness (QED) is 0.0831. The molecule has 9 N–H and O–H groups in total. The van der Waals surface area contributed by atoms with Gasteiger partial charge in [0.25, 0.3) is 11.8 Å². The van der Waals surface area contributed by atoms with E-state index in [1.54, 1.807) is 32.8 Å². The Balaban J connectivity index is 1.35. The standard InChI is InChI=1S/C52H78N12O8/c1-29(33-20-16-14-17-21-33)55-47(69)39-24-35(27-63(39)49(71)41(51(5,6)7)59-43(65)31(3)53-11)57-45(67)37-26-38(62(13)61-37)46(68)58-36-25-40(48(70)56-30(2)34-22-18-15-19-23-34)64(28-36)50(72)42(52(8,9)10)60-44(66)32(4)54-12/h14-23,26,29-32,35-36,39-42,50,53-54,72H,24-25,27-28H2,1-13H3,(H,55,69)(H,56,70)(H,57,67)(H,58,68)(H,59,65)(H,60,66)/t29-,30-,31+,32+,35+,36+,39+,40+,41-,42-,50?/m1/s1. The number of benzene rings is 2. The molecule has 2 aliphatic heterocycles. The molecular formula is C52H78N12O8. The third kappa shape index (κ3) is 14.0. The Kier molecular flexibility index (Phi) is 18.9. The molecule has 2 saturated heterocycles. The van der Waals surface area contributed by atoms with Crippen molar-refractivity contribution in [2.24, 2.45) is 17.9 Å². The lowest BCUT2D eigenvalue weighted by Gasteiger charge is -2.41. The number of nitrogens with zero attached hydrogens (tertiary/aromatic N) is 4. The summed E-state index contributed by atoms with van der Waals surface area (Å²) >= 11 is 0. The van der Waals surface area contributed by atoms with Crippen LogP contribution in [-0.2, 0) is 31.0 Å². The van der Waals surface area contributed by atoms with Crippen molar-refractivity contribution in [3.05, 3.63) is 89.2 Å². The van der Waals surface area contributed by atoms with Crippen molar-refractivity contribution in [1.82, 2.24) is 62.1 Å². The van der Waals surface area contributed by atoms with Gasteiger partial charge in [-0.3, -0.25) is 43.1 Å². The minimum absolute atomic E-state index is 0.0358. The third-order valence-electron chi connectivity index (χ3n) is 13.8. The number of carbonyl (C=O) groups excluding carboxylic acids is 7. The maximum atomic E-state index is 14.5. The van der Waals surface area contributed by atoms with Gasteiger partial charge in [0.2, 0.25) is 29.5 Å². The maximum Gasteiger partial charge on any atom is 0.272 e. The number of likely N-dealkylation sites (N-methyl/N-ethyl adjacent to an activating group) is 2. The van der Waals surface area contributed by atoms with Crippen LogP contribution in [-0.4, -0.2) is 148 Å². The summed E-state index contributed by atoms with van der Waals surface area (Å²) in [6, 6.07) is 13.1. The number of likely N-dealkylation sites (tertiary alicyclic amines) is 2. The Morgan fingerprint density at radius 2 is 1.11 bits per heavy atom. The van der Waals surface area contributed by atoms with Gasteiger partial charge in [-0.2, -0.15) is 5.10 Å². The number of aryl methyl sites for hydroxylation is 1. The van der Waals surface area contributed by atoms with Gasteiger partial charge in [-0.1, -0.05) is 102 Å². The normalized spacial score (nSPS) is 21.3. The topological polar surface area (TPSA) is 260 Å². The van der Waals surface area contributed by atoms with Crippen molar-refractivity contribution in [2.75, 3.05) is 27.2 Å². The zero-order valence-electron chi connectivity index (χ0n) is 44.1. The van der Waals surface area contributed by atoms with Crippen molar-refractivity contribution in [2.45, 2.75) is 149 Å². The van der Waals surface area contributed by atoms with Gasteiger partial charge in [0.15, 0.2) is 5.69 Å². The molecule has 0 saturated carbocycles. The van der Waals surface area contributed by atoms with E-state index in [0.29, 0.717) is 0 Å². The van der Waals surface area contributed by atoms with Crippen molar-refractivity contribution in [3.8, 4) is 0 Å². The fraction of sp³-hybridized carbons (Fsp3) is 0.577. The molecule has 3 heterocycles. The van der Waals surface area contributed by atoms with E-state index in [4.69, 9.17) is 0 Å². The molecule has 20 nitrogen and oxygen atoms in total. The number of hydrogen-bond donors (Lipinski definition) is 9. The van der Waals surface area contributed by atoms with Crippen LogP contribution in [0.15, 0.2) is 66.7 Å². The first-order valence-electron chi connectivity index (χ1n) is 24.8. The van der Waals surface area contributed by atoms with Gasteiger partial charge in [-0.05, 0) is 76.6 Å². The van der Waals surface area contributed by atoms with E-state index in [-0.39, 0.29) is 61.1 Å². The van der Waals surface area contributed by atoms with Crippen LogP contribution in [0.3, 0.4) is 0 Å². The van der Waals surface area contributed by atoms with Crippen molar-refractivity contribution >= 4 is 41.4 Å². The van der Waals surface area contributed by atoms with E-state index in [2.05, 4.69) is 47.6 Å². The fourth-order valence-corrected chi connectivity index (χ4v) is 9.08. The molecule has 0 bridgehead atoms. The summed E-state index contributed by atoms with van der Waals surface area (Å²) < 4.78 is 1.26. The number of aliphatic hydroxyl groups excluding tert-OH is 1. The summed E-state index contributed by atoms with van der Waals surface area (Å²) in [5.74, 6) is -3.24. The van der Waals surface area contributed by atoms with Gasteiger partial charge in [0.1, 0.15) is 24.0 Å². The van der Waals surface area contributed by atoms with Crippen LogP contribution >= 0.6 is 0 Å². The summed E-state index contributed by atoms with van der Waals surface area (Å²) in [6.07, 6.45) is -1.17. The average molecular weight is 999 g/mol. The maximum absolute atomic E-state index is 14.5. The van der Waals surface area contributed by atoms with Gasteiger partial charge in [0.05, 0.1) is 36.3 Å². The first-order chi connectivity index (χ1) is 33.7. The van der Waals surface area contributed by atoms with Crippen LogP contribution in [0.2, 0.25) is 0 Å². The lowest BCUT2D eigenvalue weighted by atomic mass is 9.84. The average Bonchev–Trinajstić information content (AvgIpc) is 4.08. The number of aliphatic hydroxyl groups is 1. The van der Waals surface area contributed by atoms with E-state index in [0.717, 1.165) is 11.1 Å². The zero-order valence-corrected chi connectivity index (χ0v) is 44.1. The number of hydrogen-bond acceptors (Lipinski definition) is 12. The van der Waals surface area contributed by atoms with Gasteiger partial charge < -0.3 is 52.5 Å². The van der Waals surface area contributed by atoms with Crippen molar-refractivity contribution < 1.29 is 38.7 Å². The summed E-state index contributed by atoms with van der Waals surface area (Å²) in [7, 11) is 4.81. The molecule has 1 unspecified atom stereocenters. The number of rotatable bonds is 19. The highest BCUT2D eigenvalue weighted by atomic mass is 16.3. The summed E-state index contributed by atoms with van der Waals surface area (Å²) in [6.45, 7) is 18.2. The Bertz CT molecular complexity index is 2390. The third-order valence-corrected chi connectivity index (χ3v) is 13.8. The lowest BCUT2D eigenvalue weighted by molar-refractivity contribution is -0.144. The summed E-state index contributed by atoms with van der Waals surface area (Å²) in [5.41, 5.74) is 0.263. The largest absolute Gasteiger partial charge is 0.376 e. The molecule has 3 aromatic rings. The van der Waals surface area contributed by atoms with Crippen LogP contribution in [0.1, 0.15) is 126 Å². The highest BCUT2D eigenvalue weighted by Gasteiger charge is 2.48. The molecular weight excluding hydrogens is 921 g/mol. The van der Waals surface area contributed by atoms with E-state index in [1.165, 1.54) is 22.7 Å².